The molecule has 0 spiro atoms. The van der Waals surface area contributed by atoms with Crippen LogP contribution in [0, 0.1) is 5.92 Å². The van der Waals surface area contributed by atoms with Gasteiger partial charge in [0.05, 0.1) is 0 Å². The molecule has 1 N–H and O–H groups in total. The van der Waals surface area contributed by atoms with Gasteiger partial charge in [-0.1, -0.05) is 44.9 Å². The number of nitrogens with one attached hydrogen (secondary N) is 1. The van der Waals surface area contributed by atoms with Crippen molar-refractivity contribution >= 4 is 5.69 Å². The third kappa shape index (κ3) is 3.54. The number of rotatable bonds is 6. The molecule has 0 radical (unpaired) electrons. The first-order valence-corrected chi connectivity index (χ1v) is 8.16. The molecule has 112 valence electrons. The number of hydrogen-bond acceptors (Lipinski definition) is 2. The number of hydrogen-bond donors (Lipinski definition) is 1. The van der Waals surface area contributed by atoms with Crippen molar-refractivity contribution in [1.29, 1.82) is 0 Å². The van der Waals surface area contributed by atoms with Crippen LogP contribution in [0.1, 0.15) is 58.1 Å². The molecule has 0 aliphatic heterocycles. The Labute approximate surface area is 124 Å². The molecule has 0 bridgehead atoms. The van der Waals surface area contributed by atoms with Crippen molar-refractivity contribution in [2.45, 2.75) is 58.5 Å². The summed E-state index contributed by atoms with van der Waals surface area (Å²) in [5.41, 5.74) is 2.87. The number of anilines is 1. The summed E-state index contributed by atoms with van der Waals surface area (Å²) in [5, 5.41) is 3.39. The molecule has 1 aliphatic rings. The maximum absolute atomic E-state index is 3.39. The van der Waals surface area contributed by atoms with Gasteiger partial charge < -0.3 is 10.2 Å². The van der Waals surface area contributed by atoms with E-state index in [1.807, 2.05) is 7.05 Å². The molecule has 0 aromatic heterocycles. The third-order valence-corrected chi connectivity index (χ3v) is 4.47. The summed E-state index contributed by atoms with van der Waals surface area (Å²) in [4.78, 5) is 2.68. The molecule has 20 heavy (non-hydrogen) atoms. The standard InChI is InChI=1S/C18H30N2/c1-14(2)13-20(16-9-5-6-10-16)18-12-8-7-11-17(18)15(3)19-4/h7-8,11-12,14-16,19H,5-6,9-10,13H2,1-4H3. The van der Waals surface area contributed by atoms with Crippen LogP contribution in [0.5, 0.6) is 0 Å². The molecule has 1 aromatic carbocycles. The van der Waals surface area contributed by atoms with Crippen LogP contribution in [0.25, 0.3) is 0 Å². The molecule has 0 saturated heterocycles. The van der Waals surface area contributed by atoms with Gasteiger partial charge in [0, 0.05) is 24.3 Å². The third-order valence-electron chi connectivity index (χ3n) is 4.47. The predicted octanol–water partition coefficient (Wildman–Crippen LogP) is 4.37. The molecule has 2 rings (SSSR count). The van der Waals surface area contributed by atoms with Gasteiger partial charge in [0.2, 0.25) is 0 Å². The lowest BCUT2D eigenvalue weighted by atomic mass is 10.0. The zero-order valence-electron chi connectivity index (χ0n) is 13.5. The molecular weight excluding hydrogens is 244 g/mol. The molecular formula is C18H30N2. The molecule has 1 unspecified atom stereocenters. The molecule has 1 fully saturated rings. The van der Waals surface area contributed by atoms with Crippen molar-refractivity contribution in [2.24, 2.45) is 5.92 Å². The van der Waals surface area contributed by atoms with Gasteiger partial charge in [0.15, 0.2) is 0 Å². The molecule has 0 amide bonds. The van der Waals surface area contributed by atoms with Crippen molar-refractivity contribution in [3.63, 3.8) is 0 Å². The van der Waals surface area contributed by atoms with Crippen molar-refractivity contribution in [3.8, 4) is 0 Å². The number of benzene rings is 1. The highest BCUT2D eigenvalue weighted by Gasteiger charge is 2.25. The van der Waals surface area contributed by atoms with Crippen LogP contribution in [0.2, 0.25) is 0 Å². The molecule has 2 nitrogen and oxygen atoms in total. The highest BCUT2D eigenvalue weighted by atomic mass is 15.2. The van der Waals surface area contributed by atoms with Crippen molar-refractivity contribution in [1.82, 2.24) is 5.32 Å². The Balaban J connectivity index is 2.32. The zero-order chi connectivity index (χ0) is 14.5. The molecule has 1 saturated carbocycles. The van der Waals surface area contributed by atoms with Crippen LogP contribution in [0.3, 0.4) is 0 Å². The lowest BCUT2D eigenvalue weighted by Gasteiger charge is -2.35. The normalized spacial score (nSPS) is 17.6. The summed E-state index contributed by atoms with van der Waals surface area (Å²) in [7, 11) is 2.05. The Morgan fingerprint density at radius 2 is 1.80 bits per heavy atom. The fourth-order valence-electron chi connectivity index (χ4n) is 3.32. The van der Waals surface area contributed by atoms with Gasteiger partial charge in [-0.25, -0.2) is 0 Å². The summed E-state index contributed by atoms with van der Waals surface area (Å²) in [6.45, 7) is 8.07. The quantitative estimate of drug-likeness (QED) is 0.828. The van der Waals surface area contributed by atoms with E-state index in [0.717, 1.165) is 12.6 Å². The first-order chi connectivity index (χ1) is 9.63. The summed E-state index contributed by atoms with van der Waals surface area (Å²) in [5.74, 6) is 0.702. The van der Waals surface area contributed by atoms with Gasteiger partial charge in [0.1, 0.15) is 0 Å². The number of para-hydroxylation sites is 1. The van der Waals surface area contributed by atoms with E-state index in [9.17, 15) is 0 Å². The Morgan fingerprint density at radius 3 is 2.40 bits per heavy atom. The Bertz CT molecular complexity index is 408. The second-order valence-electron chi connectivity index (χ2n) is 6.55. The van der Waals surface area contributed by atoms with E-state index in [0.29, 0.717) is 12.0 Å². The second kappa shape index (κ2) is 7.12. The molecule has 2 heteroatoms. The zero-order valence-corrected chi connectivity index (χ0v) is 13.5. The highest BCUT2D eigenvalue weighted by Crippen LogP contribution is 2.33. The van der Waals surface area contributed by atoms with Crippen molar-refractivity contribution in [2.75, 3.05) is 18.5 Å². The SMILES string of the molecule is CNC(C)c1ccccc1N(CC(C)C)C1CCCC1. The molecule has 1 aromatic rings. The predicted molar refractivity (Wildman–Crippen MR) is 88.4 cm³/mol. The van der Waals surface area contributed by atoms with E-state index in [1.54, 1.807) is 0 Å². The summed E-state index contributed by atoms with van der Waals surface area (Å²) in [6.07, 6.45) is 5.50. The first-order valence-electron chi connectivity index (χ1n) is 8.16. The Morgan fingerprint density at radius 1 is 1.15 bits per heavy atom. The first kappa shape index (κ1) is 15.4. The second-order valence-corrected chi connectivity index (χ2v) is 6.55. The molecule has 1 aliphatic carbocycles. The minimum absolute atomic E-state index is 0.405. The monoisotopic (exact) mass is 274 g/mol. The van der Waals surface area contributed by atoms with Crippen LogP contribution < -0.4 is 10.2 Å². The fourth-order valence-corrected chi connectivity index (χ4v) is 3.32. The summed E-state index contributed by atoms with van der Waals surface area (Å²) >= 11 is 0. The van der Waals surface area contributed by atoms with E-state index in [2.05, 4.69) is 55.3 Å². The summed E-state index contributed by atoms with van der Waals surface area (Å²) in [6, 6.07) is 10.1. The lowest BCUT2D eigenvalue weighted by Crippen LogP contribution is -2.37. The molecule has 1 atom stereocenters. The average Bonchev–Trinajstić information content (AvgIpc) is 2.97. The number of nitrogens with zero attached hydrogens (tertiary/aromatic N) is 1. The van der Waals surface area contributed by atoms with Crippen LogP contribution in [0.15, 0.2) is 24.3 Å². The van der Waals surface area contributed by atoms with Crippen LogP contribution in [-0.4, -0.2) is 19.6 Å². The van der Waals surface area contributed by atoms with Gasteiger partial charge in [-0.2, -0.15) is 0 Å². The van der Waals surface area contributed by atoms with E-state index in [1.165, 1.54) is 36.9 Å². The van der Waals surface area contributed by atoms with Crippen LogP contribution >= 0.6 is 0 Å². The highest BCUT2D eigenvalue weighted by molar-refractivity contribution is 5.56. The van der Waals surface area contributed by atoms with Crippen LogP contribution in [-0.2, 0) is 0 Å². The Hall–Kier alpha value is -1.02. The molecule has 0 heterocycles. The minimum Gasteiger partial charge on any atom is -0.368 e. The smallest absolute Gasteiger partial charge is 0.0417 e. The largest absolute Gasteiger partial charge is 0.368 e. The van der Waals surface area contributed by atoms with Crippen LogP contribution in [0.4, 0.5) is 5.69 Å². The topological polar surface area (TPSA) is 15.3 Å². The van der Waals surface area contributed by atoms with Gasteiger partial charge in [-0.05, 0) is 44.4 Å². The van der Waals surface area contributed by atoms with E-state index in [-0.39, 0.29) is 0 Å². The van der Waals surface area contributed by atoms with E-state index < -0.39 is 0 Å². The van der Waals surface area contributed by atoms with E-state index in [4.69, 9.17) is 0 Å². The van der Waals surface area contributed by atoms with Gasteiger partial charge in [-0.3, -0.25) is 0 Å². The maximum Gasteiger partial charge on any atom is 0.0417 e. The fraction of sp³-hybridized carbons (Fsp3) is 0.667. The van der Waals surface area contributed by atoms with E-state index >= 15 is 0 Å². The maximum atomic E-state index is 3.39. The van der Waals surface area contributed by atoms with Gasteiger partial charge >= 0.3 is 0 Å². The van der Waals surface area contributed by atoms with Crippen molar-refractivity contribution in [3.05, 3.63) is 29.8 Å². The van der Waals surface area contributed by atoms with Gasteiger partial charge in [-0.15, -0.1) is 0 Å². The average molecular weight is 274 g/mol. The minimum atomic E-state index is 0.405. The summed E-state index contributed by atoms with van der Waals surface area (Å²) < 4.78 is 0. The lowest BCUT2D eigenvalue weighted by molar-refractivity contribution is 0.530. The van der Waals surface area contributed by atoms with Gasteiger partial charge in [0.25, 0.3) is 0 Å². The Kier molecular flexibility index (Phi) is 5.47. The van der Waals surface area contributed by atoms with Crippen molar-refractivity contribution < 1.29 is 0 Å².